The summed E-state index contributed by atoms with van der Waals surface area (Å²) in [6.07, 6.45) is 9.92. The summed E-state index contributed by atoms with van der Waals surface area (Å²) < 4.78 is 0. The Morgan fingerprint density at radius 3 is 2.64 bits per heavy atom. The van der Waals surface area contributed by atoms with Gasteiger partial charge in [-0.1, -0.05) is 19.1 Å². The zero-order valence-corrected chi connectivity index (χ0v) is 8.66. The summed E-state index contributed by atoms with van der Waals surface area (Å²) in [6, 6.07) is 0. The maximum atomic E-state index is 5.82. The van der Waals surface area contributed by atoms with Gasteiger partial charge < -0.3 is 17.2 Å². The van der Waals surface area contributed by atoms with E-state index < -0.39 is 0 Å². The van der Waals surface area contributed by atoms with Crippen molar-refractivity contribution in [2.45, 2.75) is 19.8 Å². The Kier molecular flexibility index (Phi) is 3.36. The lowest BCUT2D eigenvalue weighted by atomic mass is 9.84. The van der Waals surface area contributed by atoms with Gasteiger partial charge in [0.1, 0.15) is 0 Å². The Morgan fingerprint density at radius 2 is 2.00 bits per heavy atom. The maximum Gasteiger partial charge on any atom is 0.0544 e. The molecule has 0 aromatic carbocycles. The maximum absolute atomic E-state index is 5.82. The van der Waals surface area contributed by atoms with Crippen LogP contribution >= 0.6 is 0 Å². The second-order valence-corrected chi connectivity index (χ2v) is 3.98. The number of nitrogens with two attached hydrogens (primary N) is 3. The molecule has 78 valence electrons. The van der Waals surface area contributed by atoms with E-state index in [4.69, 9.17) is 17.2 Å². The molecule has 0 saturated heterocycles. The summed E-state index contributed by atoms with van der Waals surface area (Å²) in [5.74, 6) is 0. The lowest BCUT2D eigenvalue weighted by Crippen LogP contribution is -2.16. The van der Waals surface area contributed by atoms with Gasteiger partial charge in [-0.05, 0) is 31.5 Å². The van der Waals surface area contributed by atoms with Crippen LogP contribution in [0.3, 0.4) is 0 Å². The summed E-state index contributed by atoms with van der Waals surface area (Å²) in [5, 5.41) is 0. The van der Waals surface area contributed by atoms with Crippen LogP contribution in [0, 0.1) is 5.41 Å². The number of hydrogen-bond acceptors (Lipinski definition) is 3. The minimum absolute atomic E-state index is 0.0128. The fourth-order valence-electron chi connectivity index (χ4n) is 1.59. The number of allylic oxidation sites excluding steroid dienone is 4. The first-order chi connectivity index (χ1) is 6.57. The Labute approximate surface area is 85.3 Å². The summed E-state index contributed by atoms with van der Waals surface area (Å²) in [4.78, 5) is 0. The van der Waals surface area contributed by atoms with E-state index >= 15 is 0 Å². The molecule has 0 amide bonds. The lowest BCUT2D eigenvalue weighted by molar-refractivity contribution is 0.480. The minimum Gasteiger partial charge on any atom is -0.397 e. The summed E-state index contributed by atoms with van der Waals surface area (Å²) in [5.41, 5.74) is 18.3. The van der Waals surface area contributed by atoms with Crippen molar-refractivity contribution in [2.75, 3.05) is 6.54 Å². The highest BCUT2D eigenvalue weighted by Gasteiger charge is 2.19. The third-order valence-corrected chi connectivity index (χ3v) is 2.49. The first-order valence-electron chi connectivity index (χ1n) is 4.91. The van der Waals surface area contributed by atoms with Crippen LogP contribution in [0.4, 0.5) is 0 Å². The summed E-state index contributed by atoms with van der Waals surface area (Å²) in [7, 11) is 0. The van der Waals surface area contributed by atoms with Gasteiger partial charge >= 0.3 is 0 Å². The van der Waals surface area contributed by atoms with Crippen LogP contribution in [0.15, 0.2) is 35.7 Å². The second kappa shape index (κ2) is 4.33. The molecule has 3 nitrogen and oxygen atoms in total. The van der Waals surface area contributed by atoms with Crippen molar-refractivity contribution in [3.63, 3.8) is 0 Å². The van der Waals surface area contributed by atoms with Gasteiger partial charge in [0.05, 0.1) is 11.4 Å². The molecular weight excluding hydrogens is 174 g/mol. The highest BCUT2D eigenvalue weighted by Crippen LogP contribution is 2.29. The van der Waals surface area contributed by atoms with Gasteiger partial charge in [-0.15, -0.1) is 0 Å². The highest BCUT2D eigenvalue weighted by atomic mass is 14.7. The molecule has 1 aliphatic rings. The molecule has 0 aromatic heterocycles. The molecule has 0 spiro atoms. The van der Waals surface area contributed by atoms with E-state index in [0.29, 0.717) is 17.9 Å². The fourth-order valence-corrected chi connectivity index (χ4v) is 1.59. The fraction of sp³-hybridized carbons (Fsp3) is 0.455. The molecule has 14 heavy (non-hydrogen) atoms. The normalized spacial score (nSPS) is 26.7. The predicted octanol–water partition coefficient (Wildman–Crippen LogP) is 0.987. The Bertz CT molecular complexity index is 289. The van der Waals surface area contributed by atoms with Gasteiger partial charge in [-0.2, -0.15) is 0 Å². The zero-order chi connectivity index (χ0) is 10.6. The highest BCUT2D eigenvalue weighted by molar-refractivity contribution is 5.35. The van der Waals surface area contributed by atoms with Crippen LogP contribution in [-0.2, 0) is 0 Å². The van der Waals surface area contributed by atoms with E-state index in [1.165, 1.54) is 0 Å². The smallest absolute Gasteiger partial charge is 0.0544 e. The van der Waals surface area contributed by atoms with Crippen LogP contribution in [0.5, 0.6) is 0 Å². The first-order valence-corrected chi connectivity index (χ1v) is 4.91. The van der Waals surface area contributed by atoms with Gasteiger partial charge in [0.25, 0.3) is 0 Å². The van der Waals surface area contributed by atoms with Crippen LogP contribution < -0.4 is 17.2 Å². The standard InChI is InChI=1S/C11H19N3/c1-11(6-3-7-12)5-2-4-9(13)10(14)8-11/h2,4-5,8H,3,6-7,12-14H2,1H3. The molecule has 0 radical (unpaired) electrons. The van der Waals surface area contributed by atoms with Crippen molar-refractivity contribution in [2.24, 2.45) is 22.6 Å². The Balaban J connectivity index is 2.81. The van der Waals surface area contributed by atoms with E-state index in [1.54, 1.807) is 0 Å². The molecule has 1 unspecified atom stereocenters. The molecular formula is C11H19N3. The largest absolute Gasteiger partial charge is 0.397 e. The monoisotopic (exact) mass is 193 g/mol. The zero-order valence-electron chi connectivity index (χ0n) is 8.66. The van der Waals surface area contributed by atoms with Crippen molar-refractivity contribution < 1.29 is 0 Å². The second-order valence-electron chi connectivity index (χ2n) is 3.98. The van der Waals surface area contributed by atoms with E-state index in [9.17, 15) is 0 Å². The average molecular weight is 193 g/mol. The molecule has 0 fully saturated rings. The first kappa shape index (κ1) is 10.9. The quantitative estimate of drug-likeness (QED) is 0.625. The molecule has 1 atom stereocenters. The van der Waals surface area contributed by atoms with Crippen molar-refractivity contribution >= 4 is 0 Å². The SMILES string of the molecule is CC1(CCCN)C=CC=C(N)C(N)=C1. The molecule has 0 saturated carbocycles. The molecule has 0 aromatic rings. The van der Waals surface area contributed by atoms with Crippen molar-refractivity contribution in [3.8, 4) is 0 Å². The lowest BCUT2D eigenvalue weighted by Gasteiger charge is -2.21. The molecule has 1 aliphatic carbocycles. The number of hydrogen-bond donors (Lipinski definition) is 3. The van der Waals surface area contributed by atoms with Gasteiger partial charge in [-0.25, -0.2) is 0 Å². The molecule has 0 bridgehead atoms. The molecule has 1 rings (SSSR count). The molecule has 0 heterocycles. The van der Waals surface area contributed by atoms with E-state index in [0.717, 1.165) is 12.8 Å². The van der Waals surface area contributed by atoms with Gasteiger partial charge in [0.15, 0.2) is 0 Å². The summed E-state index contributed by atoms with van der Waals surface area (Å²) in [6.45, 7) is 2.85. The van der Waals surface area contributed by atoms with Crippen LogP contribution in [0.2, 0.25) is 0 Å². The van der Waals surface area contributed by atoms with Gasteiger partial charge in [0.2, 0.25) is 0 Å². The van der Waals surface area contributed by atoms with Crippen LogP contribution in [0.25, 0.3) is 0 Å². The van der Waals surface area contributed by atoms with Gasteiger partial charge in [-0.3, -0.25) is 0 Å². The van der Waals surface area contributed by atoms with Crippen LogP contribution in [0.1, 0.15) is 19.8 Å². The van der Waals surface area contributed by atoms with E-state index in [-0.39, 0.29) is 5.41 Å². The van der Waals surface area contributed by atoms with Crippen molar-refractivity contribution in [1.29, 1.82) is 0 Å². The average Bonchev–Trinajstić information content (AvgIpc) is 2.25. The number of rotatable bonds is 3. The van der Waals surface area contributed by atoms with E-state index in [2.05, 4.69) is 13.0 Å². The Morgan fingerprint density at radius 1 is 1.29 bits per heavy atom. The minimum atomic E-state index is -0.0128. The van der Waals surface area contributed by atoms with Gasteiger partial charge in [0, 0.05) is 5.41 Å². The Hall–Kier alpha value is -1.22. The predicted molar refractivity (Wildman–Crippen MR) is 60.1 cm³/mol. The summed E-state index contributed by atoms with van der Waals surface area (Å²) >= 11 is 0. The van der Waals surface area contributed by atoms with E-state index in [1.807, 2.05) is 18.2 Å². The third-order valence-electron chi connectivity index (χ3n) is 2.49. The van der Waals surface area contributed by atoms with Crippen molar-refractivity contribution in [1.82, 2.24) is 0 Å². The van der Waals surface area contributed by atoms with Crippen LogP contribution in [-0.4, -0.2) is 6.54 Å². The molecule has 0 aliphatic heterocycles. The van der Waals surface area contributed by atoms with Crippen molar-refractivity contribution in [3.05, 3.63) is 35.7 Å². The topological polar surface area (TPSA) is 78.1 Å². The third kappa shape index (κ3) is 2.64. The molecule has 6 N–H and O–H groups in total. The molecule has 3 heteroatoms.